The Balaban J connectivity index is 1.91. The van der Waals surface area contributed by atoms with Crippen molar-refractivity contribution in [1.29, 1.82) is 0 Å². The predicted molar refractivity (Wildman–Crippen MR) is 58.8 cm³/mol. The fourth-order valence-corrected chi connectivity index (χ4v) is 3.74. The summed E-state index contributed by atoms with van der Waals surface area (Å²) in [5.74, 6) is 1.69. The Morgan fingerprint density at radius 3 is 2.86 bits per heavy atom. The van der Waals surface area contributed by atoms with Gasteiger partial charge in [0.25, 0.3) is 0 Å². The van der Waals surface area contributed by atoms with Crippen LogP contribution < -0.4 is 0 Å². The van der Waals surface area contributed by atoms with Gasteiger partial charge in [0.2, 0.25) is 0 Å². The highest BCUT2D eigenvalue weighted by molar-refractivity contribution is 5.85. The Labute approximate surface area is 86.4 Å². The molecular formula is C12H20N2. The number of hydrogen-bond donors (Lipinski definition) is 0. The van der Waals surface area contributed by atoms with Crippen molar-refractivity contribution in [1.82, 2.24) is 4.90 Å². The van der Waals surface area contributed by atoms with Gasteiger partial charge in [-0.15, -0.1) is 0 Å². The number of hydrogen-bond acceptors (Lipinski definition) is 2. The largest absolute Gasteiger partial charge is 0.299 e. The Morgan fingerprint density at radius 1 is 1.21 bits per heavy atom. The van der Waals surface area contributed by atoms with Crippen molar-refractivity contribution in [2.24, 2.45) is 16.8 Å². The van der Waals surface area contributed by atoms with Crippen LogP contribution in [0, 0.1) is 11.8 Å². The average Bonchev–Trinajstić information content (AvgIpc) is 2.24. The smallest absolute Gasteiger partial charge is 0.0432 e. The molecule has 14 heavy (non-hydrogen) atoms. The summed E-state index contributed by atoms with van der Waals surface area (Å²) in [5.41, 5.74) is 1.44. The zero-order valence-electron chi connectivity index (χ0n) is 9.08. The van der Waals surface area contributed by atoms with Gasteiger partial charge in [0.05, 0.1) is 0 Å². The SMILES string of the molecule is CC1=NC[C@@H]2CCCN3CCC[C@H]1[C@H]23. The lowest BCUT2D eigenvalue weighted by Gasteiger charge is -2.50. The van der Waals surface area contributed by atoms with Crippen LogP contribution >= 0.6 is 0 Å². The van der Waals surface area contributed by atoms with Gasteiger partial charge >= 0.3 is 0 Å². The summed E-state index contributed by atoms with van der Waals surface area (Å²) in [5, 5.41) is 0. The number of aliphatic imine (C=N–C) groups is 1. The maximum atomic E-state index is 4.72. The molecule has 0 radical (unpaired) electrons. The highest BCUT2D eigenvalue weighted by atomic mass is 15.2. The summed E-state index contributed by atoms with van der Waals surface area (Å²) in [6.07, 6.45) is 5.62. The van der Waals surface area contributed by atoms with Crippen molar-refractivity contribution in [2.75, 3.05) is 19.6 Å². The average molecular weight is 192 g/mol. The Bertz CT molecular complexity index is 257. The third kappa shape index (κ3) is 1.23. The maximum absolute atomic E-state index is 4.72. The van der Waals surface area contributed by atoms with E-state index in [1.54, 1.807) is 0 Å². The van der Waals surface area contributed by atoms with Crippen LogP contribution in [0.2, 0.25) is 0 Å². The van der Waals surface area contributed by atoms with Crippen molar-refractivity contribution in [3.05, 3.63) is 0 Å². The van der Waals surface area contributed by atoms with Crippen LogP contribution in [-0.4, -0.2) is 36.3 Å². The van der Waals surface area contributed by atoms with E-state index in [1.807, 2.05) is 0 Å². The first kappa shape index (κ1) is 8.90. The minimum absolute atomic E-state index is 0.808. The van der Waals surface area contributed by atoms with Gasteiger partial charge in [0.1, 0.15) is 0 Å². The zero-order valence-corrected chi connectivity index (χ0v) is 9.08. The molecule has 78 valence electrons. The van der Waals surface area contributed by atoms with Gasteiger partial charge in [-0.25, -0.2) is 0 Å². The molecule has 0 aliphatic carbocycles. The minimum Gasteiger partial charge on any atom is -0.299 e. The van der Waals surface area contributed by atoms with E-state index in [4.69, 9.17) is 4.99 Å². The summed E-state index contributed by atoms with van der Waals surface area (Å²) < 4.78 is 0. The molecule has 0 unspecified atom stereocenters. The number of nitrogens with zero attached hydrogens (tertiary/aromatic N) is 2. The van der Waals surface area contributed by atoms with Crippen molar-refractivity contribution in [3.63, 3.8) is 0 Å². The first-order valence-corrected chi connectivity index (χ1v) is 6.11. The van der Waals surface area contributed by atoms with Gasteiger partial charge < -0.3 is 0 Å². The summed E-state index contributed by atoms with van der Waals surface area (Å²) in [6.45, 7) is 6.07. The van der Waals surface area contributed by atoms with Gasteiger partial charge in [-0.1, -0.05) is 0 Å². The molecule has 0 saturated carbocycles. The second-order valence-corrected chi connectivity index (χ2v) is 5.16. The van der Waals surface area contributed by atoms with Crippen LogP contribution in [0.15, 0.2) is 4.99 Å². The molecule has 3 aliphatic rings. The number of piperidine rings is 2. The van der Waals surface area contributed by atoms with Crippen molar-refractivity contribution >= 4 is 5.71 Å². The summed E-state index contributed by atoms with van der Waals surface area (Å²) in [4.78, 5) is 7.48. The van der Waals surface area contributed by atoms with Gasteiger partial charge in [0.15, 0.2) is 0 Å². The number of rotatable bonds is 0. The molecule has 3 rings (SSSR count). The van der Waals surface area contributed by atoms with E-state index in [0.717, 1.165) is 24.4 Å². The van der Waals surface area contributed by atoms with Crippen LogP contribution in [0.3, 0.4) is 0 Å². The standard InChI is InChI=1S/C12H20N2/c1-9-11-5-3-7-14-6-2-4-10(8-13-9)12(11)14/h10-12H,2-8H2,1H3/t10-,11+,12-/m0/s1. The molecule has 0 amide bonds. The second-order valence-electron chi connectivity index (χ2n) is 5.16. The minimum atomic E-state index is 0.808. The van der Waals surface area contributed by atoms with Crippen LogP contribution in [0.1, 0.15) is 32.6 Å². The molecular weight excluding hydrogens is 172 g/mol. The quantitative estimate of drug-likeness (QED) is 0.573. The topological polar surface area (TPSA) is 15.6 Å². The third-order valence-corrected chi connectivity index (χ3v) is 4.41. The fourth-order valence-electron chi connectivity index (χ4n) is 3.74. The third-order valence-electron chi connectivity index (χ3n) is 4.41. The van der Waals surface area contributed by atoms with Gasteiger partial charge in [-0.2, -0.15) is 0 Å². The van der Waals surface area contributed by atoms with E-state index < -0.39 is 0 Å². The summed E-state index contributed by atoms with van der Waals surface area (Å²) >= 11 is 0. The molecule has 0 N–H and O–H groups in total. The van der Waals surface area contributed by atoms with Gasteiger partial charge in [0, 0.05) is 24.2 Å². The molecule has 0 aromatic carbocycles. The van der Waals surface area contributed by atoms with Gasteiger partial charge in [-0.3, -0.25) is 9.89 Å². The summed E-state index contributed by atoms with van der Waals surface area (Å²) in [7, 11) is 0. The van der Waals surface area contributed by atoms with Crippen LogP contribution in [0.5, 0.6) is 0 Å². The van der Waals surface area contributed by atoms with Crippen molar-refractivity contribution in [3.8, 4) is 0 Å². The van der Waals surface area contributed by atoms with E-state index in [1.165, 1.54) is 44.5 Å². The first-order valence-electron chi connectivity index (χ1n) is 6.11. The summed E-state index contributed by atoms with van der Waals surface area (Å²) in [6, 6.07) is 0.870. The van der Waals surface area contributed by atoms with Gasteiger partial charge in [-0.05, 0) is 51.6 Å². The van der Waals surface area contributed by atoms with Crippen LogP contribution in [0.4, 0.5) is 0 Å². The molecule has 3 heterocycles. The van der Waals surface area contributed by atoms with Crippen LogP contribution in [-0.2, 0) is 0 Å². The fraction of sp³-hybridized carbons (Fsp3) is 0.917. The molecule has 0 bridgehead atoms. The molecule has 0 aromatic heterocycles. The Kier molecular flexibility index (Phi) is 2.12. The maximum Gasteiger partial charge on any atom is 0.0432 e. The molecule has 2 heteroatoms. The van der Waals surface area contributed by atoms with Crippen molar-refractivity contribution in [2.45, 2.75) is 38.6 Å². The molecule has 2 nitrogen and oxygen atoms in total. The molecule has 0 aromatic rings. The lowest BCUT2D eigenvalue weighted by atomic mass is 9.73. The van der Waals surface area contributed by atoms with E-state index in [2.05, 4.69) is 11.8 Å². The monoisotopic (exact) mass is 192 g/mol. The molecule has 0 spiro atoms. The lowest BCUT2D eigenvalue weighted by molar-refractivity contribution is 0.0362. The highest BCUT2D eigenvalue weighted by Crippen LogP contribution is 2.38. The molecule has 3 atom stereocenters. The lowest BCUT2D eigenvalue weighted by Crippen LogP contribution is -2.56. The van der Waals surface area contributed by atoms with E-state index in [-0.39, 0.29) is 0 Å². The first-order chi connectivity index (χ1) is 6.86. The Morgan fingerprint density at radius 2 is 2.00 bits per heavy atom. The normalized spacial score (nSPS) is 42.9. The van der Waals surface area contributed by atoms with E-state index >= 15 is 0 Å². The van der Waals surface area contributed by atoms with E-state index in [9.17, 15) is 0 Å². The molecule has 2 fully saturated rings. The Hall–Kier alpha value is -0.370. The van der Waals surface area contributed by atoms with Crippen LogP contribution in [0.25, 0.3) is 0 Å². The second kappa shape index (κ2) is 3.34. The molecule has 2 saturated heterocycles. The molecule has 3 aliphatic heterocycles. The van der Waals surface area contributed by atoms with Crippen molar-refractivity contribution < 1.29 is 0 Å². The van der Waals surface area contributed by atoms with E-state index in [0.29, 0.717) is 0 Å². The highest BCUT2D eigenvalue weighted by Gasteiger charge is 2.42. The predicted octanol–water partition coefficient (Wildman–Crippen LogP) is 1.95. The zero-order chi connectivity index (χ0) is 9.54.